The Kier molecular flexibility index (Phi) is 6.31. The quantitative estimate of drug-likeness (QED) is 0.398. The zero-order valence-electron chi connectivity index (χ0n) is 19.5. The van der Waals surface area contributed by atoms with Crippen molar-refractivity contribution in [1.82, 2.24) is 35.5 Å². The number of carbonyl (C=O) groups excluding carboxylic acids is 1. The van der Waals surface area contributed by atoms with E-state index in [1.807, 2.05) is 11.0 Å². The SMILES string of the molecule is Cn1nccc1-c1nnc(N2CCC(NC(=O)Nc3ccc(F)cc3C(F)(F)F)CC2)c2cnncc12. The van der Waals surface area contributed by atoms with Crippen LogP contribution in [0.4, 0.5) is 33.9 Å². The number of anilines is 2. The summed E-state index contributed by atoms with van der Waals surface area (Å²) in [7, 11) is 1.80. The molecule has 0 bridgehead atoms. The topological polar surface area (TPSA) is 114 Å². The van der Waals surface area contributed by atoms with Gasteiger partial charge in [-0.1, -0.05) is 0 Å². The van der Waals surface area contributed by atoms with Crippen LogP contribution in [0, 0.1) is 5.82 Å². The van der Waals surface area contributed by atoms with Crippen molar-refractivity contribution in [3.05, 3.63) is 54.2 Å². The Morgan fingerprint density at radius 1 is 1.05 bits per heavy atom. The first-order chi connectivity index (χ1) is 17.7. The number of carbonyl (C=O) groups is 1. The van der Waals surface area contributed by atoms with Crippen LogP contribution in [-0.2, 0) is 13.2 Å². The van der Waals surface area contributed by atoms with Crippen molar-refractivity contribution in [3.8, 4) is 11.4 Å². The summed E-state index contributed by atoms with van der Waals surface area (Å²) < 4.78 is 54.6. The Hall–Kier alpha value is -4.36. The van der Waals surface area contributed by atoms with E-state index < -0.39 is 29.3 Å². The summed E-state index contributed by atoms with van der Waals surface area (Å²) in [6, 6.07) is 2.86. The number of aromatic nitrogens is 6. The molecule has 37 heavy (non-hydrogen) atoms. The minimum absolute atomic E-state index is 0.279. The smallest absolute Gasteiger partial charge is 0.354 e. The van der Waals surface area contributed by atoms with Gasteiger partial charge in [-0.3, -0.25) is 4.68 Å². The molecule has 0 unspecified atom stereocenters. The maximum absolute atomic E-state index is 13.3. The molecule has 0 spiro atoms. The molecule has 4 heterocycles. The van der Waals surface area contributed by atoms with Gasteiger partial charge in [-0.25, -0.2) is 9.18 Å². The van der Waals surface area contributed by atoms with Crippen LogP contribution < -0.4 is 15.5 Å². The Bertz CT molecular complexity index is 1450. The number of hydrogen-bond donors (Lipinski definition) is 2. The van der Waals surface area contributed by atoms with Crippen molar-refractivity contribution in [2.45, 2.75) is 25.1 Å². The van der Waals surface area contributed by atoms with Crippen molar-refractivity contribution in [2.24, 2.45) is 7.05 Å². The molecule has 3 aromatic heterocycles. The van der Waals surface area contributed by atoms with Gasteiger partial charge in [0.25, 0.3) is 0 Å². The fraction of sp³-hybridized carbons (Fsp3) is 0.304. The van der Waals surface area contributed by atoms with E-state index in [1.165, 1.54) is 0 Å². The molecule has 2 amide bonds. The van der Waals surface area contributed by atoms with E-state index in [0.717, 1.165) is 28.6 Å². The number of hydrogen-bond acceptors (Lipinski definition) is 7. The maximum atomic E-state index is 13.3. The molecule has 1 aromatic carbocycles. The van der Waals surface area contributed by atoms with Gasteiger partial charge < -0.3 is 15.5 Å². The maximum Gasteiger partial charge on any atom is 0.418 e. The first-order valence-electron chi connectivity index (χ1n) is 11.4. The normalized spacial score (nSPS) is 14.7. The zero-order valence-corrected chi connectivity index (χ0v) is 19.5. The molecule has 1 fully saturated rings. The van der Waals surface area contributed by atoms with E-state index in [9.17, 15) is 22.4 Å². The molecular weight excluding hydrogens is 494 g/mol. The lowest BCUT2D eigenvalue weighted by Crippen LogP contribution is -2.46. The summed E-state index contributed by atoms with van der Waals surface area (Å²) in [5.41, 5.74) is -0.359. The number of aryl methyl sites for hydroxylation is 1. The van der Waals surface area contributed by atoms with Gasteiger partial charge in [0.2, 0.25) is 0 Å². The lowest BCUT2D eigenvalue weighted by atomic mass is 10.0. The molecule has 192 valence electrons. The second-order valence-electron chi connectivity index (χ2n) is 8.58. The molecular formula is C23H21F4N9O. The summed E-state index contributed by atoms with van der Waals surface area (Å²) in [4.78, 5) is 14.4. The molecule has 4 aromatic rings. The minimum atomic E-state index is -4.81. The average molecular weight is 515 g/mol. The third-order valence-electron chi connectivity index (χ3n) is 6.20. The lowest BCUT2D eigenvalue weighted by Gasteiger charge is -2.33. The van der Waals surface area contributed by atoms with Gasteiger partial charge in [0.05, 0.1) is 34.7 Å². The molecule has 0 aliphatic carbocycles. The van der Waals surface area contributed by atoms with Crippen molar-refractivity contribution < 1.29 is 22.4 Å². The van der Waals surface area contributed by atoms with E-state index in [1.54, 1.807) is 30.3 Å². The number of alkyl halides is 3. The van der Waals surface area contributed by atoms with E-state index in [-0.39, 0.29) is 6.04 Å². The van der Waals surface area contributed by atoms with Crippen molar-refractivity contribution in [1.29, 1.82) is 0 Å². The predicted molar refractivity (Wildman–Crippen MR) is 126 cm³/mol. The number of halogens is 4. The Balaban J connectivity index is 1.27. The summed E-state index contributed by atoms with van der Waals surface area (Å²) in [5.74, 6) is -0.416. The number of rotatable bonds is 4. The monoisotopic (exact) mass is 515 g/mol. The van der Waals surface area contributed by atoms with Crippen molar-refractivity contribution >= 4 is 28.3 Å². The van der Waals surface area contributed by atoms with Gasteiger partial charge in [0.15, 0.2) is 5.82 Å². The molecule has 1 aliphatic heterocycles. The second-order valence-corrected chi connectivity index (χ2v) is 8.58. The number of fused-ring (bicyclic) bond motifs is 1. The zero-order chi connectivity index (χ0) is 26.2. The predicted octanol–water partition coefficient (Wildman–Crippen LogP) is 3.77. The Morgan fingerprint density at radius 3 is 2.46 bits per heavy atom. The van der Waals surface area contributed by atoms with Crippen LogP contribution in [0.2, 0.25) is 0 Å². The molecule has 14 heteroatoms. The first kappa shape index (κ1) is 24.3. The minimum Gasteiger partial charge on any atom is -0.354 e. The van der Waals surface area contributed by atoms with Gasteiger partial charge in [-0.2, -0.15) is 28.5 Å². The summed E-state index contributed by atoms with van der Waals surface area (Å²) in [5, 5.41) is 27.4. The van der Waals surface area contributed by atoms with Crippen LogP contribution in [0.15, 0.2) is 42.9 Å². The summed E-state index contributed by atoms with van der Waals surface area (Å²) in [6.45, 7) is 1.04. The first-order valence-corrected chi connectivity index (χ1v) is 11.4. The summed E-state index contributed by atoms with van der Waals surface area (Å²) >= 11 is 0. The molecule has 2 N–H and O–H groups in total. The van der Waals surface area contributed by atoms with Gasteiger partial charge in [-0.15, -0.1) is 10.2 Å². The third-order valence-corrected chi connectivity index (χ3v) is 6.20. The highest BCUT2D eigenvalue weighted by molar-refractivity contribution is 5.98. The fourth-order valence-corrected chi connectivity index (χ4v) is 4.36. The Labute approximate surface area is 207 Å². The van der Waals surface area contributed by atoms with Crippen LogP contribution in [-0.4, -0.2) is 55.3 Å². The highest BCUT2D eigenvalue weighted by Crippen LogP contribution is 2.35. The van der Waals surface area contributed by atoms with Crippen LogP contribution in [0.5, 0.6) is 0 Å². The van der Waals surface area contributed by atoms with Gasteiger partial charge in [-0.05, 0) is 37.1 Å². The highest BCUT2D eigenvalue weighted by Gasteiger charge is 2.34. The van der Waals surface area contributed by atoms with Gasteiger partial charge >= 0.3 is 12.2 Å². The molecule has 0 saturated carbocycles. The fourth-order valence-electron chi connectivity index (χ4n) is 4.36. The molecule has 10 nitrogen and oxygen atoms in total. The van der Waals surface area contributed by atoms with Gasteiger partial charge in [0.1, 0.15) is 11.5 Å². The largest absolute Gasteiger partial charge is 0.418 e. The molecule has 1 aliphatic rings. The van der Waals surface area contributed by atoms with E-state index >= 15 is 0 Å². The number of urea groups is 1. The molecule has 0 radical (unpaired) electrons. The third kappa shape index (κ3) is 4.99. The lowest BCUT2D eigenvalue weighted by molar-refractivity contribution is -0.137. The Morgan fingerprint density at radius 2 is 1.78 bits per heavy atom. The van der Waals surface area contributed by atoms with E-state index in [2.05, 4.69) is 36.1 Å². The number of piperidine rings is 1. The van der Waals surface area contributed by atoms with Crippen molar-refractivity contribution in [3.63, 3.8) is 0 Å². The number of nitrogens with zero attached hydrogens (tertiary/aromatic N) is 7. The number of benzene rings is 1. The number of nitrogens with one attached hydrogen (secondary N) is 2. The highest BCUT2D eigenvalue weighted by atomic mass is 19.4. The van der Waals surface area contributed by atoms with Crippen molar-refractivity contribution in [2.75, 3.05) is 23.3 Å². The van der Waals surface area contributed by atoms with Crippen LogP contribution in [0.3, 0.4) is 0 Å². The van der Waals surface area contributed by atoms with E-state index in [4.69, 9.17) is 0 Å². The number of amides is 2. The second kappa shape index (κ2) is 9.59. The molecule has 5 rings (SSSR count). The molecule has 1 saturated heterocycles. The van der Waals surface area contributed by atoms with Crippen LogP contribution in [0.25, 0.3) is 22.2 Å². The van der Waals surface area contributed by atoms with Gasteiger partial charge in [0, 0.05) is 37.8 Å². The van der Waals surface area contributed by atoms with Crippen LogP contribution in [0.1, 0.15) is 18.4 Å². The average Bonchev–Trinajstić information content (AvgIpc) is 3.30. The summed E-state index contributed by atoms with van der Waals surface area (Å²) in [6.07, 6.45) is 1.15. The van der Waals surface area contributed by atoms with Crippen LogP contribution >= 0.6 is 0 Å². The van der Waals surface area contributed by atoms with E-state index in [0.29, 0.717) is 43.5 Å². The standard InChI is InChI=1S/C23H21F4N9O/c1-35-19(4-7-30-35)20-15-11-28-29-12-16(15)21(34-33-20)36-8-5-14(6-9-36)31-22(37)32-18-3-2-13(24)10-17(18)23(25,26)27/h2-4,7,10-12,14H,5-6,8-9H2,1H3,(H2,31,32,37). The molecule has 0 atom stereocenters.